The zero-order valence-corrected chi connectivity index (χ0v) is 16.7. The summed E-state index contributed by atoms with van der Waals surface area (Å²) in [6, 6.07) is 14.6. The Morgan fingerprint density at radius 2 is 1.89 bits per heavy atom. The molecule has 3 aromatic rings. The van der Waals surface area contributed by atoms with Crippen molar-refractivity contribution >= 4 is 32.9 Å². The second-order valence-electron chi connectivity index (χ2n) is 6.63. The van der Waals surface area contributed by atoms with E-state index in [2.05, 4.69) is 15.5 Å². The first-order chi connectivity index (χ1) is 13.5. The van der Waals surface area contributed by atoms with Crippen molar-refractivity contribution in [1.29, 1.82) is 0 Å². The minimum absolute atomic E-state index is 0.0640. The molecule has 0 spiro atoms. The van der Waals surface area contributed by atoms with Gasteiger partial charge in [-0.25, -0.2) is 8.42 Å². The van der Waals surface area contributed by atoms with Crippen molar-refractivity contribution in [1.82, 2.24) is 15.1 Å². The first-order valence-corrected chi connectivity index (χ1v) is 11.6. The lowest BCUT2D eigenvalue weighted by Gasteiger charge is -2.33. The van der Waals surface area contributed by atoms with Gasteiger partial charge in [-0.3, -0.25) is 14.8 Å². The number of hydrogen-bond donors (Lipinski definition) is 2. The molecule has 4 rings (SSSR count). The van der Waals surface area contributed by atoms with Gasteiger partial charge < -0.3 is 5.32 Å². The van der Waals surface area contributed by atoms with Crippen LogP contribution in [-0.2, 0) is 14.6 Å². The van der Waals surface area contributed by atoms with E-state index in [1.54, 1.807) is 17.4 Å². The van der Waals surface area contributed by atoms with Gasteiger partial charge in [-0.1, -0.05) is 36.4 Å². The quantitative estimate of drug-likeness (QED) is 0.667. The highest BCUT2D eigenvalue weighted by atomic mass is 32.2. The first-order valence-electron chi connectivity index (χ1n) is 8.91. The van der Waals surface area contributed by atoms with E-state index in [1.165, 1.54) is 0 Å². The molecular formula is C19H20N4O3S2. The summed E-state index contributed by atoms with van der Waals surface area (Å²) in [4.78, 5) is 16.1. The number of aromatic amines is 1. The number of nitrogens with one attached hydrogen (secondary N) is 2. The van der Waals surface area contributed by atoms with Crippen molar-refractivity contribution in [3.8, 4) is 10.6 Å². The highest BCUT2D eigenvalue weighted by Crippen LogP contribution is 2.27. The van der Waals surface area contributed by atoms with E-state index in [1.807, 2.05) is 52.7 Å². The number of nitrogens with zero attached hydrogens (tertiary/aromatic N) is 2. The lowest BCUT2D eigenvalue weighted by atomic mass is 10.0. The Morgan fingerprint density at radius 3 is 2.57 bits per heavy atom. The normalized spacial score (nSPS) is 17.9. The molecule has 1 amide bonds. The summed E-state index contributed by atoms with van der Waals surface area (Å²) in [5.41, 5.74) is 1.67. The summed E-state index contributed by atoms with van der Waals surface area (Å²) in [5, 5.41) is 12.0. The van der Waals surface area contributed by atoms with Crippen LogP contribution in [0, 0.1) is 0 Å². The van der Waals surface area contributed by atoms with Gasteiger partial charge in [0.25, 0.3) is 0 Å². The van der Waals surface area contributed by atoms with E-state index in [0.717, 1.165) is 16.1 Å². The lowest BCUT2D eigenvalue weighted by molar-refractivity contribution is -0.121. The van der Waals surface area contributed by atoms with Gasteiger partial charge in [0, 0.05) is 19.2 Å². The largest absolute Gasteiger partial charge is 0.308 e. The molecule has 7 nitrogen and oxygen atoms in total. The fourth-order valence-electron chi connectivity index (χ4n) is 3.29. The Labute approximate surface area is 167 Å². The van der Waals surface area contributed by atoms with Crippen molar-refractivity contribution < 1.29 is 13.2 Å². The highest BCUT2D eigenvalue weighted by Gasteiger charge is 2.32. The summed E-state index contributed by atoms with van der Waals surface area (Å²) >= 11 is 1.58. The second kappa shape index (κ2) is 7.86. The van der Waals surface area contributed by atoms with Crippen LogP contribution < -0.4 is 5.32 Å². The maximum atomic E-state index is 13.1. The molecule has 1 aliphatic heterocycles. The number of aromatic nitrogens is 2. The minimum Gasteiger partial charge on any atom is -0.308 e. The van der Waals surface area contributed by atoms with Crippen LogP contribution in [0.5, 0.6) is 0 Å². The van der Waals surface area contributed by atoms with Crippen LogP contribution in [0.3, 0.4) is 0 Å². The Kier molecular flexibility index (Phi) is 5.29. The topological polar surface area (TPSA) is 95.2 Å². The number of amides is 1. The predicted octanol–water partition coefficient (Wildman–Crippen LogP) is 2.55. The van der Waals surface area contributed by atoms with Crippen LogP contribution in [0.4, 0.5) is 5.82 Å². The van der Waals surface area contributed by atoms with Gasteiger partial charge in [-0.2, -0.15) is 5.10 Å². The van der Waals surface area contributed by atoms with Crippen molar-refractivity contribution in [2.75, 3.05) is 29.9 Å². The van der Waals surface area contributed by atoms with Crippen LogP contribution in [-0.4, -0.2) is 54.0 Å². The van der Waals surface area contributed by atoms with Gasteiger partial charge in [0.05, 0.1) is 22.1 Å². The van der Waals surface area contributed by atoms with Gasteiger partial charge in [-0.15, -0.1) is 11.3 Å². The molecule has 146 valence electrons. The van der Waals surface area contributed by atoms with E-state index in [9.17, 15) is 13.2 Å². The third-order valence-corrected chi connectivity index (χ3v) is 7.24. The molecule has 2 N–H and O–H groups in total. The average molecular weight is 417 g/mol. The SMILES string of the molecule is O=C(Nc1cc(-c2cccs2)[nH]n1)C(c1ccccc1)N1CCS(=O)(=O)CC1. The fraction of sp³-hybridized carbons (Fsp3) is 0.263. The number of carbonyl (C=O) groups is 1. The van der Waals surface area contributed by atoms with Crippen LogP contribution in [0.15, 0.2) is 53.9 Å². The number of sulfone groups is 1. The minimum atomic E-state index is -3.03. The first kappa shape index (κ1) is 18.9. The molecule has 3 heterocycles. The number of H-pyrrole nitrogens is 1. The van der Waals surface area contributed by atoms with Gasteiger partial charge in [-0.05, 0) is 17.0 Å². The highest BCUT2D eigenvalue weighted by molar-refractivity contribution is 7.91. The second-order valence-corrected chi connectivity index (χ2v) is 9.89. The maximum absolute atomic E-state index is 13.1. The Morgan fingerprint density at radius 1 is 1.14 bits per heavy atom. The van der Waals surface area contributed by atoms with Crippen molar-refractivity contribution in [3.63, 3.8) is 0 Å². The van der Waals surface area contributed by atoms with E-state index >= 15 is 0 Å². The van der Waals surface area contributed by atoms with Gasteiger partial charge in [0.15, 0.2) is 15.7 Å². The lowest BCUT2D eigenvalue weighted by Crippen LogP contribution is -2.46. The zero-order chi connectivity index (χ0) is 19.6. The molecule has 1 aromatic carbocycles. The monoisotopic (exact) mass is 416 g/mol. The van der Waals surface area contributed by atoms with Gasteiger partial charge >= 0.3 is 0 Å². The summed E-state index contributed by atoms with van der Waals surface area (Å²) in [7, 11) is -3.03. The van der Waals surface area contributed by atoms with Crippen molar-refractivity contribution in [2.45, 2.75) is 6.04 Å². The number of hydrogen-bond acceptors (Lipinski definition) is 6. The van der Waals surface area contributed by atoms with E-state index < -0.39 is 15.9 Å². The molecule has 0 radical (unpaired) electrons. The standard InChI is InChI=1S/C19H20N4O3S2/c24-19(20-17-13-15(21-22-17)16-7-4-10-27-16)18(14-5-2-1-3-6-14)23-8-11-28(25,26)12-9-23/h1-7,10,13,18H,8-9,11-12H2,(H2,20,21,22,24). The zero-order valence-electron chi connectivity index (χ0n) is 15.0. The van der Waals surface area contributed by atoms with E-state index in [0.29, 0.717) is 18.9 Å². The van der Waals surface area contributed by atoms with Crippen molar-refractivity contribution in [3.05, 3.63) is 59.5 Å². The van der Waals surface area contributed by atoms with Crippen molar-refractivity contribution in [2.24, 2.45) is 0 Å². The molecule has 1 atom stereocenters. The Bertz CT molecular complexity index is 1030. The molecule has 0 bridgehead atoms. The molecular weight excluding hydrogens is 396 g/mol. The average Bonchev–Trinajstić information content (AvgIpc) is 3.36. The molecule has 1 aliphatic rings. The Balaban J connectivity index is 1.55. The van der Waals surface area contributed by atoms with Gasteiger partial charge in [0.2, 0.25) is 5.91 Å². The smallest absolute Gasteiger partial charge is 0.247 e. The van der Waals surface area contributed by atoms with Crippen LogP contribution in [0.1, 0.15) is 11.6 Å². The number of anilines is 1. The molecule has 1 fully saturated rings. The fourth-order valence-corrected chi connectivity index (χ4v) is 5.21. The van der Waals surface area contributed by atoms with E-state index in [4.69, 9.17) is 0 Å². The number of carbonyl (C=O) groups excluding carboxylic acids is 1. The molecule has 1 unspecified atom stereocenters. The molecule has 1 saturated heterocycles. The third-order valence-electron chi connectivity index (χ3n) is 4.72. The molecule has 9 heteroatoms. The summed E-state index contributed by atoms with van der Waals surface area (Å²) in [6.07, 6.45) is 0. The molecule has 0 aliphatic carbocycles. The Hall–Kier alpha value is -2.49. The van der Waals surface area contributed by atoms with Gasteiger partial charge in [0.1, 0.15) is 6.04 Å². The van der Waals surface area contributed by atoms with E-state index in [-0.39, 0.29) is 17.4 Å². The number of rotatable bonds is 5. The third kappa shape index (κ3) is 4.16. The van der Waals surface area contributed by atoms with Crippen LogP contribution in [0.2, 0.25) is 0 Å². The predicted molar refractivity (Wildman–Crippen MR) is 110 cm³/mol. The summed E-state index contributed by atoms with van der Waals surface area (Å²) < 4.78 is 23.6. The summed E-state index contributed by atoms with van der Waals surface area (Å²) in [6.45, 7) is 0.659. The number of benzene rings is 1. The van der Waals surface area contributed by atoms with Crippen LogP contribution in [0.25, 0.3) is 10.6 Å². The number of thiophene rings is 1. The molecule has 2 aromatic heterocycles. The molecule has 0 saturated carbocycles. The summed E-state index contributed by atoms with van der Waals surface area (Å²) in [5.74, 6) is 0.344. The van der Waals surface area contributed by atoms with Crippen LogP contribution >= 0.6 is 11.3 Å². The maximum Gasteiger partial charge on any atom is 0.247 e. The molecule has 28 heavy (non-hydrogen) atoms.